The second-order valence-corrected chi connectivity index (χ2v) is 5.81. The molecule has 4 nitrogen and oxygen atoms in total. The first kappa shape index (κ1) is 13.4. The average molecular weight is 336 g/mol. The van der Waals surface area contributed by atoms with E-state index in [-0.39, 0.29) is 11.5 Å². The summed E-state index contributed by atoms with van der Waals surface area (Å²) in [5, 5.41) is 1.72. The van der Waals surface area contributed by atoms with E-state index in [9.17, 15) is 9.59 Å². The van der Waals surface area contributed by atoms with Gasteiger partial charge in [0.2, 0.25) is 5.91 Å². The van der Waals surface area contributed by atoms with Crippen molar-refractivity contribution >= 4 is 38.5 Å². The Morgan fingerprint density at radius 3 is 2.85 bits per heavy atom. The smallest absolute Gasteiger partial charge is 0.336 e. The van der Waals surface area contributed by atoms with E-state index in [4.69, 9.17) is 4.42 Å². The van der Waals surface area contributed by atoms with Crippen LogP contribution in [0.1, 0.15) is 12.0 Å². The second-order valence-electron chi connectivity index (χ2n) is 5.16. The zero-order valence-corrected chi connectivity index (χ0v) is 12.6. The number of hydrogen-bond acceptors (Lipinski definition) is 3. The lowest BCUT2D eigenvalue weighted by Crippen LogP contribution is -2.24. The number of benzene rings is 1. The van der Waals surface area contributed by atoms with E-state index in [0.717, 1.165) is 22.0 Å². The summed E-state index contributed by atoms with van der Waals surface area (Å²) in [6.45, 7) is 2.58. The van der Waals surface area contributed by atoms with E-state index < -0.39 is 0 Å². The van der Waals surface area contributed by atoms with Crippen molar-refractivity contribution in [1.29, 1.82) is 0 Å². The maximum Gasteiger partial charge on any atom is 0.336 e. The zero-order chi connectivity index (χ0) is 14.3. The molecular weight excluding hydrogens is 322 g/mol. The van der Waals surface area contributed by atoms with Crippen molar-refractivity contribution in [3.8, 4) is 0 Å². The van der Waals surface area contributed by atoms with Gasteiger partial charge in [0, 0.05) is 41.5 Å². The largest absolute Gasteiger partial charge is 0.423 e. The summed E-state index contributed by atoms with van der Waals surface area (Å²) in [6.07, 6.45) is 0.557. The number of carbonyl (C=O) groups excluding carboxylic acids is 1. The predicted molar refractivity (Wildman–Crippen MR) is 81.5 cm³/mol. The fourth-order valence-corrected chi connectivity index (χ4v) is 3.05. The van der Waals surface area contributed by atoms with Gasteiger partial charge >= 0.3 is 5.63 Å². The number of alkyl halides is 1. The summed E-state index contributed by atoms with van der Waals surface area (Å²) < 4.78 is 5.23. The number of amides is 1. The summed E-state index contributed by atoms with van der Waals surface area (Å²) in [6, 6.07) is 7.06. The van der Waals surface area contributed by atoms with E-state index >= 15 is 0 Å². The number of carbonyl (C=O) groups is 1. The first-order valence-electron chi connectivity index (χ1n) is 6.49. The third-order valence-electron chi connectivity index (χ3n) is 3.67. The molecule has 1 atom stereocenters. The Morgan fingerprint density at radius 2 is 2.15 bits per heavy atom. The van der Waals surface area contributed by atoms with Gasteiger partial charge in [0.1, 0.15) is 5.58 Å². The Balaban J connectivity index is 2.05. The molecule has 1 unspecified atom stereocenters. The summed E-state index contributed by atoms with van der Waals surface area (Å²) in [7, 11) is 0. The first-order valence-corrected chi connectivity index (χ1v) is 7.61. The lowest BCUT2D eigenvalue weighted by atomic mass is 10.1. The maximum atomic E-state index is 12.0. The quantitative estimate of drug-likeness (QED) is 0.626. The van der Waals surface area contributed by atoms with Gasteiger partial charge in [-0.05, 0) is 30.5 Å². The molecule has 1 aliphatic rings. The van der Waals surface area contributed by atoms with Gasteiger partial charge in [-0.25, -0.2) is 4.79 Å². The third-order valence-corrected chi connectivity index (χ3v) is 4.59. The van der Waals surface area contributed by atoms with Gasteiger partial charge in [0.15, 0.2) is 0 Å². The molecule has 5 heteroatoms. The highest BCUT2D eigenvalue weighted by Crippen LogP contribution is 2.29. The van der Waals surface area contributed by atoms with Gasteiger partial charge in [0.05, 0.1) is 0 Å². The highest BCUT2D eigenvalue weighted by Gasteiger charge is 2.29. The monoisotopic (exact) mass is 335 g/mol. The van der Waals surface area contributed by atoms with Crippen molar-refractivity contribution in [3.63, 3.8) is 0 Å². The van der Waals surface area contributed by atoms with Gasteiger partial charge in [-0.2, -0.15) is 0 Å². The molecule has 2 aromatic rings. The minimum Gasteiger partial charge on any atom is -0.423 e. The van der Waals surface area contributed by atoms with Crippen molar-refractivity contribution in [2.75, 3.05) is 16.8 Å². The number of nitrogens with zero attached hydrogens (tertiary/aromatic N) is 1. The summed E-state index contributed by atoms with van der Waals surface area (Å²) in [4.78, 5) is 25.2. The molecule has 0 saturated carbocycles. The van der Waals surface area contributed by atoms with Gasteiger partial charge in [-0.15, -0.1) is 0 Å². The molecule has 0 bridgehead atoms. The maximum absolute atomic E-state index is 12.0. The number of hydrogen-bond donors (Lipinski definition) is 0. The highest BCUT2D eigenvalue weighted by atomic mass is 79.9. The van der Waals surface area contributed by atoms with Crippen molar-refractivity contribution < 1.29 is 9.21 Å². The minimum atomic E-state index is -0.363. The Labute approximate surface area is 124 Å². The molecule has 1 aromatic heterocycles. The third kappa shape index (κ3) is 2.26. The minimum absolute atomic E-state index is 0.115. The SMILES string of the molecule is Cc1cc(=O)oc2cc(N3CC(CBr)CC3=O)ccc12. The normalized spacial score (nSPS) is 19.0. The van der Waals surface area contributed by atoms with Gasteiger partial charge in [-0.3, -0.25) is 4.79 Å². The van der Waals surface area contributed by atoms with E-state index in [0.29, 0.717) is 24.5 Å². The molecule has 0 N–H and O–H groups in total. The van der Waals surface area contributed by atoms with Crippen LogP contribution in [0.2, 0.25) is 0 Å². The fourth-order valence-electron chi connectivity index (χ4n) is 2.62. The van der Waals surface area contributed by atoms with Crippen LogP contribution < -0.4 is 10.5 Å². The summed E-state index contributed by atoms with van der Waals surface area (Å²) in [5.74, 6) is 0.450. The van der Waals surface area contributed by atoms with Crippen molar-refractivity contribution in [3.05, 3.63) is 40.2 Å². The predicted octanol–water partition coefficient (Wildman–Crippen LogP) is 2.85. The number of halogens is 1. The van der Waals surface area contributed by atoms with Gasteiger partial charge in [0.25, 0.3) is 0 Å². The molecule has 2 heterocycles. The molecule has 1 saturated heterocycles. The molecule has 3 rings (SSSR count). The van der Waals surface area contributed by atoms with Gasteiger partial charge < -0.3 is 9.32 Å². The van der Waals surface area contributed by atoms with Crippen LogP contribution in [-0.4, -0.2) is 17.8 Å². The van der Waals surface area contributed by atoms with Crippen molar-refractivity contribution in [2.24, 2.45) is 5.92 Å². The molecule has 1 fully saturated rings. The van der Waals surface area contributed by atoms with Crippen LogP contribution in [0, 0.1) is 12.8 Å². The van der Waals surface area contributed by atoms with Crippen LogP contribution >= 0.6 is 15.9 Å². The number of rotatable bonds is 2. The van der Waals surface area contributed by atoms with Crippen molar-refractivity contribution in [2.45, 2.75) is 13.3 Å². The Hall–Kier alpha value is -1.62. The Morgan fingerprint density at radius 1 is 1.35 bits per heavy atom. The van der Waals surface area contributed by atoms with Crippen LogP contribution in [0.15, 0.2) is 33.5 Å². The molecule has 1 amide bonds. The molecule has 0 aliphatic carbocycles. The molecule has 1 aliphatic heterocycles. The first-order chi connectivity index (χ1) is 9.58. The highest BCUT2D eigenvalue weighted by molar-refractivity contribution is 9.09. The topological polar surface area (TPSA) is 50.5 Å². The Bertz CT molecular complexity index is 737. The zero-order valence-electron chi connectivity index (χ0n) is 11.1. The second kappa shape index (κ2) is 5.05. The molecule has 0 radical (unpaired) electrons. The van der Waals surface area contributed by atoms with Crippen molar-refractivity contribution in [1.82, 2.24) is 0 Å². The van der Waals surface area contributed by atoms with Crippen LogP contribution in [0.3, 0.4) is 0 Å². The molecule has 104 valence electrons. The summed E-state index contributed by atoms with van der Waals surface area (Å²) in [5.41, 5.74) is 1.84. The van der Waals surface area contributed by atoms with E-state index in [1.807, 2.05) is 19.1 Å². The van der Waals surface area contributed by atoms with Crippen LogP contribution in [0.4, 0.5) is 5.69 Å². The standard InChI is InChI=1S/C15H14BrNO3/c1-9-4-15(19)20-13-6-11(2-3-12(9)13)17-8-10(7-16)5-14(17)18/h2-4,6,10H,5,7-8H2,1H3. The van der Waals surface area contributed by atoms with Crippen LogP contribution in [0.25, 0.3) is 11.0 Å². The number of aryl methyl sites for hydroxylation is 1. The van der Waals surface area contributed by atoms with E-state index in [2.05, 4.69) is 15.9 Å². The van der Waals surface area contributed by atoms with E-state index in [1.165, 1.54) is 6.07 Å². The lowest BCUT2D eigenvalue weighted by molar-refractivity contribution is -0.117. The molecular formula is C15H14BrNO3. The van der Waals surface area contributed by atoms with E-state index in [1.54, 1.807) is 11.0 Å². The molecule has 0 spiro atoms. The Kier molecular flexibility index (Phi) is 3.38. The number of anilines is 1. The van der Waals surface area contributed by atoms with Gasteiger partial charge in [-0.1, -0.05) is 15.9 Å². The average Bonchev–Trinajstić information content (AvgIpc) is 2.79. The summed E-state index contributed by atoms with van der Waals surface area (Å²) >= 11 is 3.42. The fraction of sp³-hybridized carbons (Fsp3) is 0.333. The molecule has 1 aromatic carbocycles. The number of fused-ring (bicyclic) bond motifs is 1. The van der Waals surface area contributed by atoms with Crippen LogP contribution in [0.5, 0.6) is 0 Å². The molecule has 20 heavy (non-hydrogen) atoms. The van der Waals surface area contributed by atoms with Crippen LogP contribution in [-0.2, 0) is 4.79 Å². The lowest BCUT2D eigenvalue weighted by Gasteiger charge is -2.16.